The minimum atomic E-state index is -0.213. The molecule has 0 spiro atoms. The fourth-order valence-corrected chi connectivity index (χ4v) is 6.19. The van der Waals surface area contributed by atoms with E-state index in [1.54, 1.807) is 38.5 Å². The predicted molar refractivity (Wildman–Crippen MR) is 183 cm³/mol. The number of fused-ring (bicyclic) bond motifs is 2. The van der Waals surface area contributed by atoms with Crippen molar-refractivity contribution < 1.29 is 19.1 Å². The smallest absolute Gasteiger partial charge is 0.261 e. The lowest BCUT2D eigenvalue weighted by molar-refractivity contribution is 0.0645. The number of imide groups is 1. The monoisotopic (exact) mass is 635 g/mol. The van der Waals surface area contributed by atoms with Crippen LogP contribution in [0.25, 0.3) is 11.0 Å². The average molecular weight is 636 g/mol. The molecule has 4 aromatic rings. The molecule has 0 aliphatic carbocycles. The highest BCUT2D eigenvalue weighted by molar-refractivity contribution is 6.21. The highest BCUT2D eigenvalue weighted by atomic mass is 16.5. The van der Waals surface area contributed by atoms with Gasteiger partial charge in [-0.15, -0.1) is 0 Å². The van der Waals surface area contributed by atoms with Gasteiger partial charge in [0.25, 0.3) is 11.8 Å². The maximum atomic E-state index is 12.9. The molecule has 47 heavy (non-hydrogen) atoms. The Morgan fingerprint density at radius 1 is 0.872 bits per heavy atom. The number of aromatic nitrogens is 2. The van der Waals surface area contributed by atoms with Crippen LogP contribution in [0, 0.1) is 0 Å². The molecule has 11 nitrogen and oxygen atoms in total. The average Bonchev–Trinajstić information content (AvgIpc) is 3.63. The van der Waals surface area contributed by atoms with Crippen LogP contribution in [0.5, 0.6) is 11.5 Å². The summed E-state index contributed by atoms with van der Waals surface area (Å²) < 4.78 is 11.3. The van der Waals surface area contributed by atoms with E-state index >= 15 is 0 Å². The van der Waals surface area contributed by atoms with Crippen LogP contribution < -0.4 is 14.4 Å². The van der Waals surface area contributed by atoms with E-state index in [0.717, 1.165) is 47.7 Å². The first-order valence-corrected chi connectivity index (χ1v) is 16.0. The second-order valence-corrected chi connectivity index (χ2v) is 12.2. The summed E-state index contributed by atoms with van der Waals surface area (Å²) in [6.07, 6.45) is 4.43. The van der Waals surface area contributed by atoms with Crippen LogP contribution in [0.4, 0.5) is 11.4 Å². The van der Waals surface area contributed by atoms with Crippen LogP contribution in [0.15, 0.2) is 72.0 Å². The van der Waals surface area contributed by atoms with E-state index in [0.29, 0.717) is 42.1 Å². The summed E-state index contributed by atoms with van der Waals surface area (Å²) in [7, 11) is 5.25. The minimum Gasteiger partial charge on any atom is -0.497 e. The molecule has 0 N–H and O–H groups in total. The molecular formula is C36H41N7O4. The number of carbonyl (C=O) groups excluding carboxylic acids is 2. The van der Waals surface area contributed by atoms with Crippen molar-refractivity contribution >= 4 is 40.4 Å². The van der Waals surface area contributed by atoms with E-state index in [2.05, 4.69) is 40.9 Å². The molecule has 2 aliphatic heterocycles. The SMILES string of the molecule is COc1cc(OC)cc(N(CCN(CCCN2C(=O)c3ccccc3C2=O)C(C)C)c2ccc3ncc(C4C=NN(C)C4)nc3c2)c1. The number of hydrazone groups is 1. The topological polar surface area (TPSA) is 104 Å². The summed E-state index contributed by atoms with van der Waals surface area (Å²) in [6.45, 7) is 7.58. The molecule has 2 aliphatic rings. The van der Waals surface area contributed by atoms with Gasteiger partial charge in [-0.25, -0.2) is 4.98 Å². The molecule has 1 aromatic heterocycles. The largest absolute Gasteiger partial charge is 0.497 e. The highest BCUT2D eigenvalue weighted by Crippen LogP contribution is 2.34. The Hall–Kier alpha value is -5.03. The van der Waals surface area contributed by atoms with Crippen LogP contribution in [0.2, 0.25) is 0 Å². The number of benzene rings is 3. The van der Waals surface area contributed by atoms with E-state index in [1.165, 1.54) is 4.90 Å². The molecule has 0 saturated heterocycles. The highest BCUT2D eigenvalue weighted by Gasteiger charge is 2.34. The Morgan fingerprint density at radius 2 is 1.57 bits per heavy atom. The van der Waals surface area contributed by atoms with Gasteiger partial charge in [0.15, 0.2) is 0 Å². The fourth-order valence-electron chi connectivity index (χ4n) is 6.19. The van der Waals surface area contributed by atoms with Gasteiger partial charge >= 0.3 is 0 Å². The fraction of sp³-hybridized carbons (Fsp3) is 0.361. The number of likely N-dealkylation sites (N-methyl/N-ethyl adjacent to an activating group) is 1. The van der Waals surface area contributed by atoms with Gasteiger partial charge in [-0.2, -0.15) is 5.10 Å². The van der Waals surface area contributed by atoms with Crippen molar-refractivity contribution in [3.8, 4) is 11.5 Å². The standard InChI is InChI=1S/C36H41N7O4/c1-24(2)41(13-8-14-43-35(44)30-9-6-7-10-31(30)36(43)45)15-16-42(27-17-28(46-4)20-29(18-27)47-5)26-11-12-32-33(19-26)39-34(22-37-32)25-21-38-40(3)23-25/h6-7,9-12,17-22,24-25H,8,13-16,23H2,1-5H3. The van der Waals surface area contributed by atoms with Crippen molar-refractivity contribution in [1.29, 1.82) is 0 Å². The van der Waals surface area contributed by atoms with E-state index in [1.807, 2.05) is 48.7 Å². The van der Waals surface area contributed by atoms with E-state index < -0.39 is 0 Å². The Bertz CT molecular complexity index is 1750. The number of carbonyl (C=O) groups is 2. The quantitative estimate of drug-likeness (QED) is 0.184. The summed E-state index contributed by atoms with van der Waals surface area (Å²) in [5.74, 6) is 1.06. The minimum absolute atomic E-state index is 0.0965. The van der Waals surface area contributed by atoms with Gasteiger partial charge < -0.3 is 14.4 Å². The third-order valence-electron chi connectivity index (χ3n) is 8.83. The number of nitrogens with zero attached hydrogens (tertiary/aromatic N) is 7. The zero-order valence-corrected chi connectivity index (χ0v) is 27.6. The van der Waals surface area contributed by atoms with Crippen LogP contribution in [-0.2, 0) is 0 Å². The molecule has 244 valence electrons. The Balaban J connectivity index is 1.23. The molecule has 0 fully saturated rings. The van der Waals surface area contributed by atoms with Crippen molar-refractivity contribution in [2.24, 2.45) is 5.10 Å². The van der Waals surface area contributed by atoms with Gasteiger partial charge in [0.2, 0.25) is 0 Å². The van der Waals surface area contributed by atoms with Crippen molar-refractivity contribution in [2.75, 3.05) is 58.9 Å². The van der Waals surface area contributed by atoms with Crippen LogP contribution in [0.3, 0.4) is 0 Å². The van der Waals surface area contributed by atoms with Gasteiger partial charge in [0.05, 0.1) is 48.0 Å². The first kappa shape index (κ1) is 31.9. The molecule has 1 unspecified atom stereocenters. The second kappa shape index (κ2) is 13.8. The van der Waals surface area contributed by atoms with Crippen molar-refractivity contribution in [3.05, 3.63) is 83.7 Å². The van der Waals surface area contributed by atoms with Gasteiger partial charge in [0.1, 0.15) is 11.5 Å². The molecular weight excluding hydrogens is 594 g/mol. The number of hydrogen-bond acceptors (Lipinski definition) is 10. The zero-order valence-electron chi connectivity index (χ0n) is 27.6. The molecule has 2 amide bonds. The third-order valence-corrected chi connectivity index (χ3v) is 8.83. The summed E-state index contributed by atoms with van der Waals surface area (Å²) >= 11 is 0. The lowest BCUT2D eigenvalue weighted by atomic mass is 10.1. The Kier molecular flexibility index (Phi) is 9.35. The van der Waals surface area contributed by atoms with Gasteiger partial charge in [-0.05, 0) is 50.6 Å². The number of anilines is 2. The Morgan fingerprint density at radius 3 is 2.19 bits per heavy atom. The van der Waals surface area contributed by atoms with Crippen LogP contribution in [0.1, 0.15) is 52.6 Å². The third kappa shape index (κ3) is 6.76. The number of rotatable bonds is 13. The molecule has 0 saturated carbocycles. The number of ether oxygens (including phenoxy) is 2. The molecule has 6 rings (SSSR count). The molecule has 3 heterocycles. The zero-order chi connectivity index (χ0) is 33.1. The van der Waals surface area contributed by atoms with Crippen LogP contribution in [-0.4, -0.2) is 103 Å². The first-order chi connectivity index (χ1) is 22.7. The predicted octanol–water partition coefficient (Wildman–Crippen LogP) is 5.20. The normalized spacial score (nSPS) is 15.8. The maximum absolute atomic E-state index is 12.9. The van der Waals surface area contributed by atoms with Crippen molar-refractivity contribution in [1.82, 2.24) is 24.8 Å². The molecule has 1 atom stereocenters. The Labute approximate surface area is 275 Å². The summed E-state index contributed by atoms with van der Waals surface area (Å²) in [5, 5.41) is 6.28. The number of amides is 2. The van der Waals surface area contributed by atoms with Crippen LogP contribution >= 0.6 is 0 Å². The first-order valence-electron chi connectivity index (χ1n) is 16.0. The van der Waals surface area contributed by atoms with E-state index in [-0.39, 0.29) is 23.8 Å². The van der Waals surface area contributed by atoms with Gasteiger partial charge in [-0.3, -0.25) is 29.4 Å². The summed E-state index contributed by atoms with van der Waals surface area (Å²) in [5.41, 5.74) is 5.37. The molecule has 3 aromatic carbocycles. The van der Waals surface area contributed by atoms with E-state index in [9.17, 15) is 9.59 Å². The second-order valence-electron chi connectivity index (χ2n) is 12.2. The van der Waals surface area contributed by atoms with Gasteiger partial charge in [-0.1, -0.05) is 12.1 Å². The summed E-state index contributed by atoms with van der Waals surface area (Å²) in [4.78, 5) is 41.5. The van der Waals surface area contributed by atoms with Crippen molar-refractivity contribution in [2.45, 2.75) is 32.2 Å². The number of methoxy groups -OCH3 is 2. The molecule has 0 bridgehead atoms. The van der Waals surface area contributed by atoms with E-state index in [4.69, 9.17) is 19.4 Å². The maximum Gasteiger partial charge on any atom is 0.261 e. The van der Waals surface area contributed by atoms with Crippen molar-refractivity contribution in [3.63, 3.8) is 0 Å². The van der Waals surface area contributed by atoms with Gasteiger partial charge in [0, 0.05) is 87.8 Å². The summed E-state index contributed by atoms with van der Waals surface area (Å²) in [6, 6.07) is 19.3. The molecule has 0 radical (unpaired) electrons. The number of hydrogen-bond donors (Lipinski definition) is 0. The lowest BCUT2D eigenvalue weighted by Crippen LogP contribution is -2.40. The lowest BCUT2D eigenvalue weighted by Gasteiger charge is -2.32. The molecule has 11 heteroatoms.